The maximum atomic E-state index is 12.5. The number of pyridine rings is 1. The van der Waals surface area contributed by atoms with Crippen LogP contribution in [0.15, 0.2) is 37.2 Å². The predicted octanol–water partition coefficient (Wildman–Crippen LogP) is 2.11. The van der Waals surface area contributed by atoms with E-state index < -0.39 is 21.2 Å². The zero-order valence-electron chi connectivity index (χ0n) is 14.5. The van der Waals surface area contributed by atoms with Crippen LogP contribution in [-0.4, -0.2) is 37.1 Å². The molecule has 0 radical (unpaired) electrons. The van der Waals surface area contributed by atoms with Crippen LogP contribution in [0.2, 0.25) is 0 Å². The summed E-state index contributed by atoms with van der Waals surface area (Å²) in [5.41, 5.74) is 0.206. The largest absolute Gasteiger partial charge is 0.314 e. The fourth-order valence-electron chi connectivity index (χ4n) is 2.24. The van der Waals surface area contributed by atoms with Crippen molar-refractivity contribution in [2.45, 2.75) is 44.9 Å². The first-order valence-corrected chi connectivity index (χ1v) is 9.66. The molecule has 2 atom stereocenters. The van der Waals surface area contributed by atoms with Gasteiger partial charge in [-0.05, 0) is 31.0 Å². The molecule has 0 saturated carbocycles. The summed E-state index contributed by atoms with van der Waals surface area (Å²) in [6.07, 6.45) is 5.49. The standard InChI is InChI=1S/C17H27N3O3S/c1-5-14(11-19-13(3)4)10-16(6-2)24(22,23)20-17(21)15-8-7-9-18-12-15/h6-9,12-14,16,19H,2,5,10-11H2,1,3-4H3,(H,20,21). The molecule has 6 nitrogen and oxygen atoms in total. The normalized spacial score (nSPS) is 14.2. The van der Waals surface area contributed by atoms with E-state index >= 15 is 0 Å². The Morgan fingerprint density at radius 2 is 2.12 bits per heavy atom. The van der Waals surface area contributed by atoms with Crippen LogP contribution in [-0.2, 0) is 10.0 Å². The second-order valence-electron chi connectivity index (χ2n) is 6.06. The lowest BCUT2D eigenvalue weighted by atomic mass is 10.00. The molecule has 2 N–H and O–H groups in total. The second kappa shape index (κ2) is 9.54. The first-order valence-electron chi connectivity index (χ1n) is 8.12. The maximum absolute atomic E-state index is 12.5. The van der Waals surface area contributed by atoms with Crippen molar-refractivity contribution in [1.29, 1.82) is 0 Å². The Kier molecular flexibility index (Phi) is 8.07. The third kappa shape index (κ3) is 6.41. The molecule has 1 aromatic rings. The molecule has 1 aromatic heterocycles. The third-order valence-corrected chi connectivity index (χ3v) is 5.43. The molecular weight excluding hydrogens is 326 g/mol. The molecule has 0 bridgehead atoms. The lowest BCUT2D eigenvalue weighted by molar-refractivity contribution is 0.0980. The summed E-state index contributed by atoms with van der Waals surface area (Å²) in [5.74, 6) is -0.497. The molecule has 2 unspecified atom stereocenters. The molecule has 134 valence electrons. The van der Waals surface area contributed by atoms with Crippen molar-refractivity contribution in [3.8, 4) is 0 Å². The Hall–Kier alpha value is -1.73. The van der Waals surface area contributed by atoms with Gasteiger partial charge in [0.2, 0.25) is 10.0 Å². The lowest BCUT2D eigenvalue weighted by Gasteiger charge is -2.22. The fourth-order valence-corrected chi connectivity index (χ4v) is 3.54. The monoisotopic (exact) mass is 353 g/mol. The van der Waals surface area contributed by atoms with Crippen molar-refractivity contribution in [1.82, 2.24) is 15.0 Å². The first kappa shape index (κ1) is 20.3. The van der Waals surface area contributed by atoms with E-state index in [0.717, 1.165) is 13.0 Å². The van der Waals surface area contributed by atoms with Crippen molar-refractivity contribution in [2.75, 3.05) is 6.54 Å². The number of rotatable bonds is 10. The van der Waals surface area contributed by atoms with Crippen LogP contribution in [0.1, 0.15) is 44.0 Å². The molecule has 1 rings (SSSR count). The van der Waals surface area contributed by atoms with Crippen molar-refractivity contribution in [3.63, 3.8) is 0 Å². The molecule has 1 heterocycles. The van der Waals surface area contributed by atoms with Crippen molar-refractivity contribution in [3.05, 3.63) is 42.7 Å². The van der Waals surface area contributed by atoms with Gasteiger partial charge in [0, 0.05) is 18.4 Å². The van der Waals surface area contributed by atoms with Gasteiger partial charge in [-0.25, -0.2) is 13.1 Å². The fraction of sp³-hybridized carbons (Fsp3) is 0.529. The molecule has 7 heteroatoms. The Labute approximate surface area is 144 Å². The first-order chi connectivity index (χ1) is 11.3. The highest BCUT2D eigenvalue weighted by molar-refractivity contribution is 7.90. The van der Waals surface area contributed by atoms with Crippen LogP contribution in [0.25, 0.3) is 0 Å². The number of nitrogens with one attached hydrogen (secondary N) is 2. The number of nitrogens with zero attached hydrogens (tertiary/aromatic N) is 1. The zero-order chi connectivity index (χ0) is 18.2. The van der Waals surface area contributed by atoms with Crippen LogP contribution >= 0.6 is 0 Å². The molecule has 0 aliphatic carbocycles. The van der Waals surface area contributed by atoms with Gasteiger partial charge in [0.15, 0.2) is 0 Å². The van der Waals surface area contributed by atoms with E-state index in [2.05, 4.69) is 21.6 Å². The van der Waals surface area contributed by atoms with E-state index in [9.17, 15) is 13.2 Å². The highest BCUT2D eigenvalue weighted by atomic mass is 32.2. The minimum atomic E-state index is -3.84. The van der Waals surface area contributed by atoms with E-state index in [4.69, 9.17) is 0 Å². The minimum Gasteiger partial charge on any atom is -0.314 e. The van der Waals surface area contributed by atoms with Gasteiger partial charge < -0.3 is 5.32 Å². The number of amides is 1. The highest BCUT2D eigenvalue weighted by Crippen LogP contribution is 2.17. The van der Waals surface area contributed by atoms with Gasteiger partial charge in [0.25, 0.3) is 5.91 Å². The van der Waals surface area contributed by atoms with Crippen molar-refractivity contribution < 1.29 is 13.2 Å². The van der Waals surface area contributed by atoms with Gasteiger partial charge in [-0.1, -0.05) is 33.3 Å². The molecule has 1 amide bonds. The smallest absolute Gasteiger partial charge is 0.266 e. The maximum Gasteiger partial charge on any atom is 0.266 e. The van der Waals surface area contributed by atoms with E-state index in [1.54, 1.807) is 6.07 Å². The minimum absolute atomic E-state index is 0.181. The summed E-state index contributed by atoms with van der Waals surface area (Å²) in [6, 6.07) is 3.43. The summed E-state index contributed by atoms with van der Waals surface area (Å²) in [5, 5.41) is 2.50. The number of carbonyl (C=O) groups is 1. The van der Waals surface area contributed by atoms with E-state index in [1.165, 1.54) is 24.5 Å². The molecule has 0 aromatic carbocycles. The van der Waals surface area contributed by atoms with E-state index in [-0.39, 0.29) is 11.5 Å². The van der Waals surface area contributed by atoms with E-state index in [0.29, 0.717) is 12.5 Å². The van der Waals surface area contributed by atoms with Gasteiger partial charge in [0.1, 0.15) is 0 Å². The molecule has 0 spiro atoms. The number of hydrogen-bond donors (Lipinski definition) is 2. The average molecular weight is 353 g/mol. The van der Waals surface area contributed by atoms with Crippen LogP contribution in [0.4, 0.5) is 0 Å². The van der Waals surface area contributed by atoms with Crippen molar-refractivity contribution >= 4 is 15.9 Å². The molecule has 0 fully saturated rings. The zero-order valence-corrected chi connectivity index (χ0v) is 15.3. The van der Waals surface area contributed by atoms with E-state index in [1.807, 2.05) is 20.8 Å². The number of hydrogen-bond acceptors (Lipinski definition) is 5. The molecule has 24 heavy (non-hydrogen) atoms. The van der Waals surface area contributed by atoms with Crippen LogP contribution in [0, 0.1) is 5.92 Å². The topological polar surface area (TPSA) is 88.2 Å². The van der Waals surface area contributed by atoms with Gasteiger partial charge in [-0.3, -0.25) is 9.78 Å². The SMILES string of the molecule is C=CC(CC(CC)CNC(C)C)S(=O)(=O)NC(=O)c1cccnc1. The van der Waals surface area contributed by atoms with Crippen LogP contribution in [0.5, 0.6) is 0 Å². The molecule has 0 aliphatic heterocycles. The van der Waals surface area contributed by atoms with Crippen LogP contribution in [0.3, 0.4) is 0 Å². The average Bonchev–Trinajstić information content (AvgIpc) is 2.55. The second-order valence-corrected chi connectivity index (χ2v) is 7.96. The van der Waals surface area contributed by atoms with Gasteiger partial charge in [-0.15, -0.1) is 6.58 Å². The summed E-state index contributed by atoms with van der Waals surface area (Å²) >= 11 is 0. The Balaban J connectivity index is 2.77. The van der Waals surface area contributed by atoms with Crippen LogP contribution < -0.4 is 10.0 Å². The number of carbonyl (C=O) groups excluding carboxylic acids is 1. The Bertz CT molecular complexity index is 630. The van der Waals surface area contributed by atoms with Crippen molar-refractivity contribution in [2.24, 2.45) is 5.92 Å². The Morgan fingerprint density at radius 3 is 2.62 bits per heavy atom. The summed E-state index contributed by atoms with van der Waals surface area (Å²) in [7, 11) is -3.84. The molecule has 0 saturated heterocycles. The quantitative estimate of drug-likeness (QED) is 0.629. The third-order valence-electron chi connectivity index (χ3n) is 3.78. The highest BCUT2D eigenvalue weighted by Gasteiger charge is 2.27. The van der Waals surface area contributed by atoms with Gasteiger partial charge in [-0.2, -0.15) is 0 Å². The molecule has 0 aliphatic rings. The Morgan fingerprint density at radius 1 is 1.42 bits per heavy atom. The van der Waals surface area contributed by atoms with Gasteiger partial charge in [0.05, 0.1) is 10.8 Å². The number of sulfonamides is 1. The predicted molar refractivity (Wildman–Crippen MR) is 96.1 cm³/mol. The number of aromatic nitrogens is 1. The summed E-state index contributed by atoms with van der Waals surface area (Å²) in [4.78, 5) is 15.9. The van der Waals surface area contributed by atoms with Gasteiger partial charge >= 0.3 is 0 Å². The summed E-state index contributed by atoms with van der Waals surface area (Å²) < 4.78 is 27.1. The lowest BCUT2D eigenvalue weighted by Crippen LogP contribution is -2.39. The summed E-state index contributed by atoms with van der Waals surface area (Å²) in [6.45, 7) is 10.5. The molecular formula is C17H27N3O3S.